The van der Waals surface area contributed by atoms with E-state index in [2.05, 4.69) is 57.1 Å². The van der Waals surface area contributed by atoms with E-state index >= 15 is 0 Å². The molecule has 1 unspecified atom stereocenters. The van der Waals surface area contributed by atoms with Crippen LogP contribution in [-0.2, 0) is 6.42 Å². The first-order valence-electron chi connectivity index (χ1n) is 10.2. The summed E-state index contributed by atoms with van der Waals surface area (Å²) in [6, 6.07) is 10.8. The minimum atomic E-state index is 0.992. The predicted octanol–water partition coefficient (Wildman–Crippen LogP) is 6.74. The second-order valence-corrected chi connectivity index (χ2v) is 7.53. The topological polar surface area (TPSA) is 0 Å². The molecule has 1 aromatic rings. The molecule has 1 heteroatoms. The van der Waals surface area contributed by atoms with E-state index in [0.717, 1.165) is 17.4 Å². The smallest absolute Gasteiger partial charge is 0.0883 e. The van der Waals surface area contributed by atoms with Gasteiger partial charge in [0.2, 0.25) is 0 Å². The predicted molar refractivity (Wildman–Crippen MR) is 108 cm³/mol. The molecule has 24 heavy (non-hydrogen) atoms. The number of quaternary nitrogens is 1. The SMILES string of the molecule is C=C[N+](C)(CCCCCCCCCCCC)CCc1ccccc1. The van der Waals surface area contributed by atoms with Gasteiger partial charge in [0, 0.05) is 6.42 Å². The third-order valence-corrected chi connectivity index (χ3v) is 5.22. The molecule has 1 nitrogen and oxygen atoms in total. The molecule has 0 amide bonds. The molecular formula is C23H40N+. The van der Waals surface area contributed by atoms with E-state index < -0.39 is 0 Å². The Morgan fingerprint density at radius 1 is 0.792 bits per heavy atom. The molecule has 0 radical (unpaired) electrons. The number of unbranched alkanes of at least 4 members (excludes halogenated alkanes) is 9. The van der Waals surface area contributed by atoms with Gasteiger partial charge in [-0.2, -0.15) is 0 Å². The van der Waals surface area contributed by atoms with Gasteiger partial charge in [-0.05, 0) is 25.0 Å². The van der Waals surface area contributed by atoms with E-state index in [1.54, 1.807) is 0 Å². The third kappa shape index (κ3) is 9.93. The van der Waals surface area contributed by atoms with Gasteiger partial charge in [0.15, 0.2) is 0 Å². The first kappa shape index (κ1) is 21.0. The molecule has 0 aliphatic carbocycles. The molecule has 0 aliphatic heterocycles. The van der Waals surface area contributed by atoms with E-state index in [4.69, 9.17) is 0 Å². The Hall–Kier alpha value is -1.08. The van der Waals surface area contributed by atoms with Crippen molar-refractivity contribution in [3.8, 4) is 0 Å². The van der Waals surface area contributed by atoms with Crippen LogP contribution in [-0.4, -0.2) is 24.6 Å². The van der Waals surface area contributed by atoms with Gasteiger partial charge in [-0.3, -0.25) is 4.48 Å². The van der Waals surface area contributed by atoms with Gasteiger partial charge in [-0.15, -0.1) is 0 Å². The molecule has 0 heterocycles. The monoisotopic (exact) mass is 330 g/mol. The van der Waals surface area contributed by atoms with Crippen molar-refractivity contribution >= 4 is 0 Å². The quantitative estimate of drug-likeness (QED) is 0.247. The zero-order valence-corrected chi connectivity index (χ0v) is 16.3. The minimum absolute atomic E-state index is 0.992. The molecule has 0 spiro atoms. The Labute approximate surface area is 151 Å². The largest absolute Gasteiger partial charge is 0.300 e. The summed E-state index contributed by atoms with van der Waals surface area (Å²) in [5.41, 5.74) is 1.44. The van der Waals surface area contributed by atoms with Crippen LogP contribution in [0.25, 0.3) is 0 Å². The van der Waals surface area contributed by atoms with Gasteiger partial charge in [-0.1, -0.05) is 88.6 Å². The van der Waals surface area contributed by atoms with Gasteiger partial charge in [0.25, 0.3) is 0 Å². The van der Waals surface area contributed by atoms with Crippen LogP contribution in [0.3, 0.4) is 0 Å². The molecule has 0 aliphatic rings. The molecule has 0 fully saturated rings. The number of rotatable bonds is 15. The first-order chi connectivity index (χ1) is 11.7. The van der Waals surface area contributed by atoms with Gasteiger partial charge in [-0.25, -0.2) is 0 Å². The molecule has 0 N–H and O–H groups in total. The summed E-state index contributed by atoms with van der Waals surface area (Å²) in [4.78, 5) is 0. The lowest BCUT2D eigenvalue weighted by Gasteiger charge is -2.30. The summed E-state index contributed by atoms with van der Waals surface area (Å²) in [6.07, 6.45) is 17.3. The van der Waals surface area contributed by atoms with E-state index in [1.807, 2.05) is 0 Å². The van der Waals surface area contributed by atoms with Crippen LogP contribution < -0.4 is 0 Å². The second kappa shape index (κ2) is 13.2. The Morgan fingerprint density at radius 2 is 1.33 bits per heavy atom. The molecule has 0 aromatic heterocycles. The zero-order valence-electron chi connectivity index (χ0n) is 16.3. The average molecular weight is 331 g/mol. The van der Waals surface area contributed by atoms with Crippen molar-refractivity contribution in [1.82, 2.24) is 0 Å². The van der Waals surface area contributed by atoms with Gasteiger partial charge in [0.1, 0.15) is 0 Å². The summed E-state index contributed by atoms with van der Waals surface area (Å²) in [7, 11) is 2.32. The Balaban J connectivity index is 2.07. The third-order valence-electron chi connectivity index (χ3n) is 5.22. The van der Waals surface area contributed by atoms with Crippen LogP contribution in [0.2, 0.25) is 0 Å². The van der Waals surface area contributed by atoms with Gasteiger partial charge < -0.3 is 0 Å². The van der Waals surface area contributed by atoms with Crippen molar-refractivity contribution in [1.29, 1.82) is 0 Å². The molecule has 1 aromatic carbocycles. The molecule has 1 atom stereocenters. The maximum absolute atomic E-state index is 4.08. The fraction of sp³-hybridized carbons (Fsp3) is 0.652. The van der Waals surface area contributed by atoms with E-state index in [1.165, 1.54) is 76.3 Å². The zero-order chi connectivity index (χ0) is 17.5. The standard InChI is InChI=1S/C23H40N/c1-4-6-7-8-9-10-11-12-13-17-21-24(3,5-2)22-20-23-18-15-14-16-19-23/h5,14-16,18-19H,2,4,6-13,17,20-22H2,1,3H3/q+1. The van der Waals surface area contributed by atoms with Crippen LogP contribution in [0.15, 0.2) is 43.1 Å². The van der Waals surface area contributed by atoms with E-state index in [-0.39, 0.29) is 0 Å². The second-order valence-electron chi connectivity index (χ2n) is 7.53. The van der Waals surface area contributed by atoms with Crippen molar-refractivity contribution in [3.05, 3.63) is 48.7 Å². The van der Waals surface area contributed by atoms with Gasteiger partial charge >= 0.3 is 0 Å². The van der Waals surface area contributed by atoms with Crippen molar-refractivity contribution in [2.75, 3.05) is 20.1 Å². The molecule has 0 bridgehead atoms. The number of benzene rings is 1. The fourth-order valence-electron chi connectivity index (χ4n) is 3.28. The van der Waals surface area contributed by atoms with Crippen LogP contribution in [0.4, 0.5) is 0 Å². The molecule has 136 valence electrons. The minimum Gasteiger partial charge on any atom is -0.300 e. The van der Waals surface area contributed by atoms with Crippen LogP contribution >= 0.6 is 0 Å². The first-order valence-corrected chi connectivity index (χ1v) is 10.2. The Kier molecular flexibility index (Phi) is 11.6. The summed E-state index contributed by atoms with van der Waals surface area (Å²) < 4.78 is 0.992. The van der Waals surface area contributed by atoms with Crippen LogP contribution in [0.5, 0.6) is 0 Å². The molecule has 0 saturated heterocycles. The van der Waals surface area contributed by atoms with Crippen molar-refractivity contribution < 1.29 is 4.48 Å². The summed E-state index contributed by atoms with van der Waals surface area (Å²) in [6.45, 7) is 8.75. The Morgan fingerprint density at radius 3 is 1.88 bits per heavy atom. The maximum atomic E-state index is 4.08. The summed E-state index contributed by atoms with van der Waals surface area (Å²) >= 11 is 0. The highest BCUT2D eigenvalue weighted by molar-refractivity contribution is 5.14. The highest BCUT2D eigenvalue weighted by atomic mass is 15.3. The summed E-state index contributed by atoms with van der Waals surface area (Å²) in [5.74, 6) is 0. The number of nitrogens with zero attached hydrogens (tertiary/aromatic N) is 1. The van der Waals surface area contributed by atoms with E-state index in [9.17, 15) is 0 Å². The van der Waals surface area contributed by atoms with Crippen molar-refractivity contribution in [2.45, 2.75) is 77.6 Å². The lowest BCUT2D eigenvalue weighted by Crippen LogP contribution is -2.40. The Bertz CT molecular complexity index is 411. The summed E-state index contributed by atoms with van der Waals surface area (Å²) in [5, 5.41) is 0. The fourth-order valence-corrected chi connectivity index (χ4v) is 3.28. The molecule has 0 saturated carbocycles. The van der Waals surface area contributed by atoms with Crippen molar-refractivity contribution in [2.24, 2.45) is 0 Å². The average Bonchev–Trinajstić information content (AvgIpc) is 2.62. The molecular weight excluding hydrogens is 290 g/mol. The normalized spacial score (nSPS) is 13.6. The van der Waals surface area contributed by atoms with Crippen molar-refractivity contribution in [3.63, 3.8) is 0 Å². The van der Waals surface area contributed by atoms with Crippen LogP contribution in [0.1, 0.15) is 76.7 Å². The van der Waals surface area contributed by atoms with Crippen LogP contribution in [0, 0.1) is 0 Å². The van der Waals surface area contributed by atoms with E-state index in [0.29, 0.717) is 0 Å². The number of hydrogen-bond donors (Lipinski definition) is 0. The molecule has 1 rings (SSSR count). The lowest BCUT2D eigenvalue weighted by molar-refractivity contribution is -0.859. The number of hydrogen-bond acceptors (Lipinski definition) is 0. The maximum Gasteiger partial charge on any atom is 0.0883 e. The highest BCUT2D eigenvalue weighted by Gasteiger charge is 2.16. The highest BCUT2D eigenvalue weighted by Crippen LogP contribution is 2.14. The van der Waals surface area contributed by atoms with Gasteiger partial charge in [0.05, 0.1) is 26.3 Å². The number of likely N-dealkylation sites (N-methyl/N-ethyl adjacent to an activating group) is 1. The lowest BCUT2D eigenvalue weighted by atomic mass is 10.1.